The highest BCUT2D eigenvalue weighted by Gasteiger charge is 2.54. The molecule has 0 saturated carbocycles. The number of hydrogen-bond donors (Lipinski definition) is 12. The monoisotopic (exact) mass is 1630 g/mol. The summed E-state index contributed by atoms with van der Waals surface area (Å²) >= 11 is 0. The van der Waals surface area contributed by atoms with E-state index >= 15 is 0 Å². The van der Waals surface area contributed by atoms with Crippen molar-refractivity contribution in [2.75, 3.05) is 26.4 Å². The Bertz CT molecular complexity index is 2350. The summed E-state index contributed by atoms with van der Waals surface area (Å²) in [6.45, 7) is 1.76. The zero-order valence-electron chi connectivity index (χ0n) is 72.8. The fourth-order valence-corrected chi connectivity index (χ4v) is 15.9. The molecule has 3 fully saturated rings. The first-order valence-electron chi connectivity index (χ1n) is 47.7. The van der Waals surface area contributed by atoms with Crippen molar-refractivity contribution in [3.8, 4) is 0 Å². The highest BCUT2D eigenvalue weighted by Crippen LogP contribution is 2.34. The Morgan fingerprint density at radius 2 is 0.583 bits per heavy atom. The molecule has 0 bridgehead atoms. The minimum absolute atomic E-state index is 0.234. The van der Waals surface area contributed by atoms with Gasteiger partial charge in [-0.15, -0.1) is 0 Å². The van der Waals surface area contributed by atoms with E-state index in [1.54, 1.807) is 6.08 Å². The topological polar surface area (TPSA) is 307 Å². The van der Waals surface area contributed by atoms with Crippen LogP contribution >= 0.6 is 0 Å². The molecule has 672 valence electrons. The Kier molecular flexibility index (Phi) is 69.4. The minimum atomic E-state index is -1.99. The van der Waals surface area contributed by atoms with Gasteiger partial charge in [0.1, 0.15) is 73.2 Å². The molecule has 3 rings (SSSR count). The lowest BCUT2D eigenvalue weighted by Crippen LogP contribution is -2.66. The summed E-state index contributed by atoms with van der Waals surface area (Å²) in [5, 5.41) is 121. The quantitative estimate of drug-likeness (QED) is 0.0199. The van der Waals surface area contributed by atoms with Crippen LogP contribution in [0.4, 0.5) is 0 Å². The second kappa shape index (κ2) is 75.0. The van der Waals surface area contributed by atoms with Crippen molar-refractivity contribution >= 4 is 5.91 Å². The molecule has 3 aliphatic rings. The molecular formula is C96H175NO18. The van der Waals surface area contributed by atoms with E-state index in [0.29, 0.717) is 12.8 Å². The number of amides is 1. The lowest BCUT2D eigenvalue weighted by Gasteiger charge is -2.48. The summed E-state index contributed by atoms with van der Waals surface area (Å²) in [5.74, 6) is -0.283. The van der Waals surface area contributed by atoms with Gasteiger partial charge in [-0.3, -0.25) is 4.79 Å². The molecule has 3 aliphatic heterocycles. The van der Waals surface area contributed by atoms with E-state index in [1.807, 2.05) is 6.08 Å². The number of unbranched alkanes of at least 4 members (excludes halogenated alkanes) is 52. The van der Waals surface area contributed by atoms with E-state index < -0.39 is 124 Å². The smallest absolute Gasteiger partial charge is 0.220 e. The summed E-state index contributed by atoms with van der Waals surface area (Å²) in [6, 6.07) is -1.00. The molecule has 12 N–H and O–H groups in total. The molecule has 0 radical (unpaired) electrons. The molecule has 19 heteroatoms. The number of aliphatic hydroxyl groups is 11. The molecule has 0 aliphatic carbocycles. The molecule has 0 aromatic carbocycles. The van der Waals surface area contributed by atoms with E-state index in [-0.39, 0.29) is 18.9 Å². The number of carbonyl (C=O) groups is 1. The Morgan fingerprint density at radius 1 is 0.313 bits per heavy atom. The molecule has 3 heterocycles. The number of carbonyl (C=O) groups excluding carboxylic acids is 1. The van der Waals surface area contributed by atoms with Crippen molar-refractivity contribution in [2.45, 2.75) is 503 Å². The highest BCUT2D eigenvalue weighted by atomic mass is 16.8. The van der Waals surface area contributed by atoms with Crippen LogP contribution in [0.3, 0.4) is 0 Å². The van der Waals surface area contributed by atoms with Gasteiger partial charge in [0.2, 0.25) is 5.91 Å². The minimum Gasteiger partial charge on any atom is -0.394 e. The summed E-state index contributed by atoms with van der Waals surface area (Å²) in [5.41, 5.74) is 0. The van der Waals surface area contributed by atoms with Crippen molar-refractivity contribution in [1.29, 1.82) is 0 Å². The number of allylic oxidation sites excluding steroid dienone is 11. The largest absolute Gasteiger partial charge is 0.394 e. The first kappa shape index (κ1) is 106. The maximum Gasteiger partial charge on any atom is 0.220 e. The van der Waals surface area contributed by atoms with Crippen LogP contribution in [0.5, 0.6) is 0 Å². The summed E-state index contributed by atoms with van der Waals surface area (Å²) in [6.07, 6.45) is 75.1. The summed E-state index contributed by atoms with van der Waals surface area (Å²) in [7, 11) is 0. The number of nitrogens with one attached hydrogen (secondary N) is 1. The average Bonchev–Trinajstić information content (AvgIpc) is 0.779. The third-order valence-corrected chi connectivity index (χ3v) is 23.5. The van der Waals surface area contributed by atoms with Gasteiger partial charge in [0.05, 0.1) is 38.6 Å². The molecule has 0 spiro atoms. The Balaban J connectivity index is 1.31. The van der Waals surface area contributed by atoms with Crippen molar-refractivity contribution < 1.29 is 89.4 Å². The molecule has 17 unspecified atom stereocenters. The molecule has 0 aromatic rings. The van der Waals surface area contributed by atoms with Crippen molar-refractivity contribution in [3.63, 3.8) is 0 Å². The van der Waals surface area contributed by atoms with Crippen LogP contribution in [0.15, 0.2) is 72.9 Å². The van der Waals surface area contributed by atoms with E-state index in [2.05, 4.69) is 79.9 Å². The number of aliphatic hydroxyl groups excluding tert-OH is 11. The second-order valence-electron chi connectivity index (χ2n) is 33.8. The van der Waals surface area contributed by atoms with E-state index in [0.717, 1.165) is 57.8 Å². The molecule has 1 amide bonds. The predicted octanol–water partition coefficient (Wildman–Crippen LogP) is 19.1. The maximum atomic E-state index is 13.5. The predicted molar refractivity (Wildman–Crippen MR) is 466 cm³/mol. The zero-order chi connectivity index (χ0) is 83.1. The van der Waals surface area contributed by atoms with Gasteiger partial charge in [-0.25, -0.2) is 0 Å². The lowest BCUT2D eigenvalue weighted by molar-refractivity contribution is -0.379. The van der Waals surface area contributed by atoms with Crippen LogP contribution in [-0.2, 0) is 33.2 Å². The molecular weight excluding hydrogens is 1460 g/mol. The lowest BCUT2D eigenvalue weighted by atomic mass is 9.96. The van der Waals surface area contributed by atoms with Gasteiger partial charge in [0, 0.05) is 6.42 Å². The average molecular weight is 1630 g/mol. The van der Waals surface area contributed by atoms with E-state index in [1.165, 1.54) is 308 Å². The standard InChI is InChI=1S/C96H175NO18/c1-3-5-7-9-11-13-15-17-19-21-23-25-27-29-31-33-35-36-37-38-39-40-41-42-44-46-48-50-52-54-56-58-60-62-64-66-68-70-72-74-84(102)97-79(80(101)73-71-69-67-65-63-61-59-57-55-53-51-49-47-45-43-34-32-30-28-26-24-22-20-18-16-14-12-10-8-6-4-2)78-110-94-90(108)87(105)92(82(76-99)112-94)115-96-91(109)88(106)93(83(77-100)113-96)114-95-89(107)86(104)85(103)81(75-98)111-95/h15,17,21,23,27,29,55,57,63,65,71,73,79-83,85-96,98-101,103-109H,3-14,16,18-20,22,24-26,28,30-54,56,58-62,64,66-70,72,74-78H2,1-2H3,(H,97,102)/b17-15-,23-21-,29-27-,57-55+,65-63+,73-71+. The summed E-state index contributed by atoms with van der Waals surface area (Å²) < 4.78 is 34.5. The Morgan fingerprint density at radius 3 is 0.930 bits per heavy atom. The molecule has 3 saturated heterocycles. The van der Waals surface area contributed by atoms with Crippen LogP contribution in [0.1, 0.15) is 399 Å². The SMILES string of the molecule is CCCCCCC/C=C\C/C=C\C/C=C\CCCCCCCCCCCCCCCCCCCCCCCCCCC(=O)NC(COC1OC(CO)C(OC2OC(CO)C(OC3OC(CO)C(O)C(O)C3O)C(O)C2O)C(O)C1O)C(O)/C=C/CC/C=C/CC/C=C/CCCCCCCCCCCCCCCCCCCCCCC. The fraction of sp³-hybridized carbons (Fsp3) is 0.865. The summed E-state index contributed by atoms with van der Waals surface area (Å²) in [4.78, 5) is 13.5. The molecule has 0 aromatic heterocycles. The van der Waals surface area contributed by atoms with Gasteiger partial charge in [-0.1, -0.05) is 382 Å². The molecule has 17 atom stereocenters. The first-order chi connectivity index (χ1) is 56.3. The normalized spacial score (nSPS) is 24.9. The van der Waals surface area contributed by atoms with E-state index in [9.17, 15) is 61.0 Å². The third-order valence-electron chi connectivity index (χ3n) is 23.5. The Hall–Kier alpha value is -2.77. The van der Waals surface area contributed by atoms with Crippen LogP contribution < -0.4 is 5.32 Å². The van der Waals surface area contributed by atoms with Gasteiger partial charge >= 0.3 is 0 Å². The fourth-order valence-electron chi connectivity index (χ4n) is 15.9. The number of rotatable bonds is 78. The van der Waals surface area contributed by atoms with Crippen molar-refractivity contribution in [1.82, 2.24) is 5.32 Å². The number of ether oxygens (including phenoxy) is 6. The Labute approximate surface area is 699 Å². The van der Waals surface area contributed by atoms with Gasteiger partial charge < -0.3 is 89.9 Å². The van der Waals surface area contributed by atoms with Gasteiger partial charge in [0.15, 0.2) is 18.9 Å². The van der Waals surface area contributed by atoms with Gasteiger partial charge in [-0.2, -0.15) is 0 Å². The number of hydrogen-bond acceptors (Lipinski definition) is 18. The van der Waals surface area contributed by atoms with Crippen LogP contribution in [0.2, 0.25) is 0 Å². The van der Waals surface area contributed by atoms with Crippen LogP contribution in [0, 0.1) is 0 Å². The highest BCUT2D eigenvalue weighted by molar-refractivity contribution is 5.76. The van der Waals surface area contributed by atoms with Crippen LogP contribution in [0.25, 0.3) is 0 Å². The van der Waals surface area contributed by atoms with Crippen molar-refractivity contribution in [2.24, 2.45) is 0 Å². The van der Waals surface area contributed by atoms with Crippen LogP contribution in [-0.4, -0.2) is 193 Å². The zero-order valence-corrected chi connectivity index (χ0v) is 72.8. The molecule has 19 nitrogen and oxygen atoms in total. The van der Waals surface area contributed by atoms with Gasteiger partial charge in [-0.05, 0) is 83.5 Å². The van der Waals surface area contributed by atoms with E-state index in [4.69, 9.17) is 28.4 Å². The second-order valence-corrected chi connectivity index (χ2v) is 33.8. The maximum absolute atomic E-state index is 13.5. The van der Waals surface area contributed by atoms with Gasteiger partial charge in [0.25, 0.3) is 0 Å². The van der Waals surface area contributed by atoms with Crippen molar-refractivity contribution in [3.05, 3.63) is 72.9 Å². The third kappa shape index (κ3) is 53.0. The molecule has 115 heavy (non-hydrogen) atoms. The first-order valence-corrected chi connectivity index (χ1v) is 47.7.